The van der Waals surface area contributed by atoms with E-state index in [1.54, 1.807) is 18.2 Å². The van der Waals surface area contributed by atoms with Gasteiger partial charge in [-0.2, -0.15) is 0 Å². The molecular weight excluding hydrogens is 232 g/mol. The van der Waals surface area contributed by atoms with Gasteiger partial charge in [-0.15, -0.1) is 0 Å². The van der Waals surface area contributed by atoms with Gasteiger partial charge in [0.05, 0.1) is 11.1 Å². The average Bonchev–Trinajstić information content (AvgIpc) is 2.67. The van der Waals surface area contributed by atoms with Crippen molar-refractivity contribution in [2.24, 2.45) is 0 Å². The molecule has 0 atom stereocenters. The summed E-state index contributed by atoms with van der Waals surface area (Å²) in [6, 6.07) is 5.14. The molecule has 0 bridgehead atoms. The number of piperidine rings is 1. The molecule has 1 saturated heterocycles. The van der Waals surface area contributed by atoms with Crippen LogP contribution in [0.2, 0.25) is 0 Å². The Bertz CT molecular complexity index is 507. The fraction of sp³-hybridized carbons (Fsp3) is 0.385. The third-order valence-electron chi connectivity index (χ3n) is 3.30. The lowest BCUT2D eigenvalue weighted by Crippen LogP contribution is -2.34. The molecule has 0 saturated carbocycles. The van der Waals surface area contributed by atoms with Gasteiger partial charge in [0.15, 0.2) is 0 Å². The van der Waals surface area contributed by atoms with Crippen molar-refractivity contribution >= 4 is 11.8 Å². The van der Waals surface area contributed by atoms with Crippen molar-refractivity contribution in [1.29, 1.82) is 0 Å². The predicted molar refractivity (Wildman–Crippen MR) is 64.8 cm³/mol. The van der Waals surface area contributed by atoms with Crippen molar-refractivity contribution in [3.8, 4) is 5.75 Å². The van der Waals surface area contributed by atoms with E-state index in [1.165, 1.54) is 0 Å². The highest BCUT2D eigenvalue weighted by molar-refractivity contribution is 6.22. The number of hydrogen-bond acceptors (Lipinski definition) is 4. The van der Waals surface area contributed by atoms with Gasteiger partial charge < -0.3 is 10.1 Å². The van der Waals surface area contributed by atoms with Gasteiger partial charge >= 0.3 is 0 Å². The molecule has 94 valence electrons. The first-order valence-electron chi connectivity index (χ1n) is 6.12. The second-order valence-corrected chi connectivity index (χ2v) is 4.53. The number of fused-ring (bicyclic) bond motifs is 1. The minimum atomic E-state index is -0.362. The highest BCUT2D eigenvalue weighted by Crippen LogP contribution is 2.28. The highest BCUT2D eigenvalue weighted by Gasteiger charge is 2.31. The lowest BCUT2D eigenvalue weighted by Gasteiger charge is -2.24. The summed E-state index contributed by atoms with van der Waals surface area (Å²) in [5.41, 5.74) is 0.785. The molecule has 0 aromatic heterocycles. The van der Waals surface area contributed by atoms with Crippen LogP contribution in [-0.2, 0) is 0 Å². The highest BCUT2D eigenvalue weighted by atomic mass is 16.5. The Morgan fingerprint density at radius 1 is 1.11 bits per heavy atom. The molecule has 5 heteroatoms. The second kappa shape index (κ2) is 4.42. The van der Waals surface area contributed by atoms with Crippen molar-refractivity contribution in [3.63, 3.8) is 0 Å². The van der Waals surface area contributed by atoms with Crippen molar-refractivity contribution in [3.05, 3.63) is 29.3 Å². The summed E-state index contributed by atoms with van der Waals surface area (Å²) < 4.78 is 5.86. The number of nitrogens with one attached hydrogen (secondary N) is 2. The molecule has 1 aromatic carbocycles. The molecule has 3 rings (SSSR count). The average molecular weight is 246 g/mol. The Balaban J connectivity index is 1.89. The summed E-state index contributed by atoms with van der Waals surface area (Å²) in [5.74, 6) is -0.187. The first-order valence-corrected chi connectivity index (χ1v) is 6.12. The van der Waals surface area contributed by atoms with Gasteiger partial charge in [0.2, 0.25) is 0 Å². The largest absolute Gasteiger partial charge is 0.489 e. The number of carbonyl (C=O) groups is 2. The first kappa shape index (κ1) is 11.2. The number of carbonyl (C=O) groups excluding carboxylic acids is 2. The van der Waals surface area contributed by atoms with Crippen molar-refractivity contribution in [2.75, 3.05) is 13.1 Å². The van der Waals surface area contributed by atoms with Gasteiger partial charge in [0.1, 0.15) is 11.9 Å². The van der Waals surface area contributed by atoms with E-state index in [4.69, 9.17) is 4.74 Å². The molecule has 18 heavy (non-hydrogen) atoms. The van der Waals surface area contributed by atoms with Crippen LogP contribution in [0.25, 0.3) is 0 Å². The Hall–Kier alpha value is -1.88. The summed E-state index contributed by atoms with van der Waals surface area (Å²) in [5, 5.41) is 5.54. The van der Waals surface area contributed by atoms with Crippen LogP contribution in [-0.4, -0.2) is 31.0 Å². The van der Waals surface area contributed by atoms with E-state index < -0.39 is 0 Å². The molecule has 2 aliphatic rings. The summed E-state index contributed by atoms with van der Waals surface area (Å²) in [7, 11) is 0. The smallest absolute Gasteiger partial charge is 0.262 e. The monoisotopic (exact) mass is 246 g/mol. The van der Waals surface area contributed by atoms with Crippen LogP contribution < -0.4 is 15.4 Å². The van der Waals surface area contributed by atoms with Crippen LogP contribution in [0.5, 0.6) is 5.75 Å². The first-order chi connectivity index (χ1) is 8.75. The maximum absolute atomic E-state index is 11.7. The van der Waals surface area contributed by atoms with Gasteiger partial charge in [-0.05, 0) is 38.1 Å². The predicted octanol–water partition coefficient (Wildman–Crippen LogP) is 0.701. The van der Waals surface area contributed by atoms with Gasteiger partial charge in [-0.3, -0.25) is 14.9 Å². The Kier molecular flexibility index (Phi) is 2.76. The van der Waals surface area contributed by atoms with E-state index in [1.807, 2.05) is 0 Å². The van der Waals surface area contributed by atoms with Crippen molar-refractivity contribution in [1.82, 2.24) is 10.6 Å². The normalized spacial score (nSPS) is 19.6. The van der Waals surface area contributed by atoms with E-state index in [0.29, 0.717) is 16.9 Å². The van der Waals surface area contributed by atoms with Crippen molar-refractivity contribution < 1.29 is 14.3 Å². The Morgan fingerprint density at radius 3 is 2.67 bits per heavy atom. The van der Waals surface area contributed by atoms with Gasteiger partial charge in [0.25, 0.3) is 11.8 Å². The number of benzene rings is 1. The lowest BCUT2D eigenvalue weighted by atomic mass is 10.1. The number of hydrogen-bond donors (Lipinski definition) is 2. The lowest BCUT2D eigenvalue weighted by molar-refractivity contribution is 0.0877. The van der Waals surface area contributed by atoms with E-state index in [2.05, 4.69) is 10.6 Å². The summed E-state index contributed by atoms with van der Waals surface area (Å²) in [6.07, 6.45) is 1.94. The molecule has 2 heterocycles. The molecule has 0 radical (unpaired) electrons. The molecule has 1 aromatic rings. The molecule has 0 aliphatic carbocycles. The summed E-state index contributed by atoms with van der Waals surface area (Å²) in [4.78, 5) is 23.2. The maximum atomic E-state index is 11.7. The number of ether oxygens (including phenoxy) is 1. The number of rotatable bonds is 2. The van der Waals surface area contributed by atoms with Gasteiger partial charge in [-0.25, -0.2) is 0 Å². The van der Waals surface area contributed by atoms with E-state index in [9.17, 15) is 9.59 Å². The minimum Gasteiger partial charge on any atom is -0.489 e. The third-order valence-corrected chi connectivity index (χ3v) is 3.30. The molecule has 0 unspecified atom stereocenters. The Morgan fingerprint density at radius 2 is 1.89 bits per heavy atom. The van der Waals surface area contributed by atoms with Crippen molar-refractivity contribution in [2.45, 2.75) is 18.9 Å². The molecular formula is C13H14N2O3. The van der Waals surface area contributed by atoms with Gasteiger partial charge in [-0.1, -0.05) is 6.07 Å². The van der Waals surface area contributed by atoms with Crippen LogP contribution >= 0.6 is 0 Å². The van der Waals surface area contributed by atoms with Crippen LogP contribution in [0, 0.1) is 0 Å². The molecule has 1 fully saturated rings. The fourth-order valence-electron chi connectivity index (χ4n) is 2.38. The maximum Gasteiger partial charge on any atom is 0.262 e. The van der Waals surface area contributed by atoms with E-state index in [0.717, 1.165) is 25.9 Å². The molecule has 2 N–H and O–H groups in total. The fourth-order valence-corrected chi connectivity index (χ4v) is 2.38. The minimum absolute atomic E-state index is 0.112. The standard InChI is InChI=1S/C13H14N2O3/c16-12-9-2-1-3-10(11(9)13(17)15-12)18-8-4-6-14-7-5-8/h1-3,8,14H,4-7H2,(H,15,16,17). The molecule has 0 spiro atoms. The SMILES string of the molecule is O=C1NC(=O)c2c(OC3CCNCC3)cccc21. The zero-order valence-corrected chi connectivity index (χ0v) is 9.86. The summed E-state index contributed by atoms with van der Waals surface area (Å²) >= 11 is 0. The third kappa shape index (κ3) is 1.86. The number of amides is 2. The topological polar surface area (TPSA) is 67.4 Å². The van der Waals surface area contributed by atoms with Crippen LogP contribution in [0.1, 0.15) is 33.6 Å². The molecule has 5 nitrogen and oxygen atoms in total. The second-order valence-electron chi connectivity index (χ2n) is 4.53. The van der Waals surface area contributed by atoms with Gasteiger partial charge in [0, 0.05) is 0 Å². The quantitative estimate of drug-likeness (QED) is 0.754. The number of imide groups is 1. The summed E-state index contributed by atoms with van der Waals surface area (Å²) in [6.45, 7) is 1.84. The zero-order chi connectivity index (χ0) is 12.5. The van der Waals surface area contributed by atoms with Crippen LogP contribution in [0.4, 0.5) is 0 Å². The molecule has 2 amide bonds. The molecule has 2 aliphatic heterocycles. The Labute approximate surface area is 105 Å². The van der Waals surface area contributed by atoms with Crippen LogP contribution in [0.3, 0.4) is 0 Å². The van der Waals surface area contributed by atoms with E-state index in [-0.39, 0.29) is 17.9 Å². The van der Waals surface area contributed by atoms with Crippen LogP contribution in [0.15, 0.2) is 18.2 Å². The van der Waals surface area contributed by atoms with E-state index >= 15 is 0 Å². The zero-order valence-electron chi connectivity index (χ0n) is 9.86.